The molecule has 0 aliphatic carbocycles. The molecule has 4 heteroatoms. The van der Waals surface area contributed by atoms with Gasteiger partial charge in [-0.2, -0.15) is 10.5 Å². The Morgan fingerprint density at radius 1 is 0.379 bits per heavy atom. The van der Waals surface area contributed by atoms with Crippen LogP contribution in [0.4, 0.5) is 0 Å². The molecule has 0 fully saturated rings. The Balaban J connectivity index is 1.19. The van der Waals surface area contributed by atoms with Gasteiger partial charge >= 0.3 is 0 Å². The van der Waals surface area contributed by atoms with E-state index in [-0.39, 0.29) is 5.41 Å². The quantitative estimate of drug-likeness (QED) is 0.176. The molecule has 10 aromatic rings. The molecule has 0 aliphatic rings. The zero-order valence-electron chi connectivity index (χ0n) is 32.5. The third-order valence-corrected chi connectivity index (χ3v) is 11.5. The summed E-state index contributed by atoms with van der Waals surface area (Å²) >= 11 is 0. The third-order valence-electron chi connectivity index (χ3n) is 11.5. The SMILES string of the molecule is CC(C)(C)c1ccc2c(c1)c1cc(-c3ccccc3)ccc1n2-c1c(C#N)cc(-c2ccc3c4cc(-c5ccccc5)ccc4n(-c4ccccc4)c3c2)cc1C#N. The Kier molecular flexibility index (Phi) is 8.11. The number of nitrogens with zero attached hydrogens (tertiary/aromatic N) is 4. The van der Waals surface area contributed by atoms with Crippen LogP contribution in [0.25, 0.3) is 88.4 Å². The highest BCUT2D eigenvalue weighted by Crippen LogP contribution is 2.41. The minimum absolute atomic E-state index is 0.0611. The van der Waals surface area contributed by atoms with E-state index in [0.717, 1.165) is 77.1 Å². The minimum Gasteiger partial charge on any atom is -0.309 e. The molecule has 0 unspecified atom stereocenters. The van der Waals surface area contributed by atoms with Gasteiger partial charge in [0.25, 0.3) is 0 Å². The highest BCUT2D eigenvalue weighted by atomic mass is 15.0. The fourth-order valence-electron chi connectivity index (χ4n) is 8.62. The Morgan fingerprint density at radius 3 is 1.40 bits per heavy atom. The van der Waals surface area contributed by atoms with Crippen LogP contribution in [0.2, 0.25) is 0 Å². The normalized spacial score (nSPS) is 11.7. The second-order valence-corrected chi connectivity index (χ2v) is 16.1. The summed E-state index contributed by atoms with van der Waals surface area (Å²) in [6.07, 6.45) is 0. The van der Waals surface area contributed by atoms with Gasteiger partial charge in [-0.05, 0) is 111 Å². The molecule has 2 aromatic heterocycles. The van der Waals surface area contributed by atoms with E-state index in [1.54, 1.807) is 0 Å². The molecule has 274 valence electrons. The van der Waals surface area contributed by atoms with Crippen molar-refractivity contribution in [1.82, 2.24) is 9.13 Å². The van der Waals surface area contributed by atoms with Gasteiger partial charge < -0.3 is 9.13 Å². The largest absolute Gasteiger partial charge is 0.309 e. The van der Waals surface area contributed by atoms with Crippen molar-refractivity contribution >= 4 is 43.6 Å². The van der Waals surface area contributed by atoms with Gasteiger partial charge in [-0.15, -0.1) is 0 Å². The lowest BCUT2D eigenvalue weighted by Gasteiger charge is -2.19. The van der Waals surface area contributed by atoms with Crippen molar-refractivity contribution in [3.8, 4) is 56.9 Å². The number of benzene rings is 8. The molecule has 8 aromatic carbocycles. The zero-order chi connectivity index (χ0) is 39.5. The van der Waals surface area contributed by atoms with E-state index in [0.29, 0.717) is 16.8 Å². The van der Waals surface area contributed by atoms with Gasteiger partial charge in [0.15, 0.2) is 0 Å². The summed E-state index contributed by atoms with van der Waals surface area (Å²) in [6.45, 7) is 6.67. The molecule has 0 aliphatic heterocycles. The smallest absolute Gasteiger partial charge is 0.101 e. The molecule has 0 spiro atoms. The predicted molar refractivity (Wildman–Crippen MR) is 240 cm³/mol. The van der Waals surface area contributed by atoms with Gasteiger partial charge in [-0.1, -0.05) is 130 Å². The third kappa shape index (κ3) is 5.66. The number of rotatable bonds is 5. The molecule has 0 saturated heterocycles. The number of hydrogen-bond acceptors (Lipinski definition) is 2. The highest BCUT2D eigenvalue weighted by Gasteiger charge is 2.23. The molecule has 2 heterocycles. The summed E-state index contributed by atoms with van der Waals surface area (Å²) < 4.78 is 4.43. The first-order valence-corrected chi connectivity index (χ1v) is 19.6. The van der Waals surface area contributed by atoms with E-state index in [9.17, 15) is 10.5 Å². The van der Waals surface area contributed by atoms with Crippen LogP contribution >= 0.6 is 0 Å². The van der Waals surface area contributed by atoms with Gasteiger partial charge in [-0.3, -0.25) is 0 Å². The summed E-state index contributed by atoms with van der Waals surface area (Å²) in [4.78, 5) is 0. The van der Waals surface area contributed by atoms with Gasteiger partial charge in [0.05, 0.1) is 38.9 Å². The second-order valence-electron chi connectivity index (χ2n) is 16.1. The van der Waals surface area contributed by atoms with Crippen LogP contribution in [0.5, 0.6) is 0 Å². The molecule has 0 atom stereocenters. The molecule has 10 rings (SSSR count). The lowest BCUT2D eigenvalue weighted by Crippen LogP contribution is -2.10. The van der Waals surface area contributed by atoms with E-state index >= 15 is 0 Å². The Bertz CT molecular complexity index is 3280. The van der Waals surface area contributed by atoms with E-state index in [1.807, 2.05) is 30.3 Å². The number of hydrogen-bond donors (Lipinski definition) is 0. The van der Waals surface area contributed by atoms with Crippen LogP contribution in [-0.4, -0.2) is 9.13 Å². The molecule has 58 heavy (non-hydrogen) atoms. The molecular weight excluding hydrogens is 705 g/mol. The molecule has 4 nitrogen and oxygen atoms in total. The summed E-state index contributed by atoms with van der Waals surface area (Å²) in [5.74, 6) is 0. The molecule has 0 bridgehead atoms. The summed E-state index contributed by atoms with van der Waals surface area (Å²) in [5.41, 5.74) is 14.1. The maximum absolute atomic E-state index is 10.9. The first kappa shape index (κ1) is 34.8. The maximum Gasteiger partial charge on any atom is 0.101 e. The summed E-state index contributed by atoms with van der Waals surface area (Å²) in [5, 5.41) is 26.3. The van der Waals surface area contributed by atoms with Crippen LogP contribution < -0.4 is 0 Å². The Hall–Kier alpha value is -7.66. The van der Waals surface area contributed by atoms with Gasteiger partial charge in [-0.25, -0.2) is 0 Å². The van der Waals surface area contributed by atoms with Crippen molar-refractivity contribution in [2.75, 3.05) is 0 Å². The average Bonchev–Trinajstić information content (AvgIpc) is 3.77. The number of aromatic nitrogens is 2. The van der Waals surface area contributed by atoms with E-state index < -0.39 is 0 Å². The average molecular weight is 743 g/mol. The molecule has 0 radical (unpaired) electrons. The van der Waals surface area contributed by atoms with E-state index in [1.165, 1.54) is 11.1 Å². The highest BCUT2D eigenvalue weighted by molar-refractivity contribution is 6.12. The van der Waals surface area contributed by atoms with Crippen molar-refractivity contribution in [2.24, 2.45) is 0 Å². The van der Waals surface area contributed by atoms with Crippen molar-refractivity contribution in [2.45, 2.75) is 26.2 Å². The molecular formula is C54H38N4. The Morgan fingerprint density at radius 2 is 0.845 bits per heavy atom. The summed E-state index contributed by atoms with van der Waals surface area (Å²) in [7, 11) is 0. The number of fused-ring (bicyclic) bond motifs is 6. The lowest BCUT2D eigenvalue weighted by atomic mass is 9.86. The van der Waals surface area contributed by atoms with Crippen LogP contribution in [-0.2, 0) is 5.41 Å². The van der Waals surface area contributed by atoms with Crippen LogP contribution in [0.15, 0.2) is 176 Å². The molecule has 0 amide bonds. The molecule has 0 saturated carbocycles. The minimum atomic E-state index is -0.0611. The van der Waals surface area contributed by atoms with Crippen molar-refractivity contribution in [3.63, 3.8) is 0 Å². The van der Waals surface area contributed by atoms with Crippen LogP contribution in [0.1, 0.15) is 37.5 Å². The monoisotopic (exact) mass is 742 g/mol. The number of para-hydroxylation sites is 1. The van der Waals surface area contributed by atoms with E-state index in [4.69, 9.17) is 0 Å². The lowest BCUT2D eigenvalue weighted by molar-refractivity contribution is 0.591. The predicted octanol–water partition coefficient (Wildman–Crippen LogP) is 13.9. The van der Waals surface area contributed by atoms with Gasteiger partial charge in [0.2, 0.25) is 0 Å². The first-order valence-electron chi connectivity index (χ1n) is 19.6. The summed E-state index contributed by atoms with van der Waals surface area (Å²) in [6, 6.07) is 66.5. The molecule has 0 N–H and O–H groups in total. The fourth-order valence-corrected chi connectivity index (χ4v) is 8.62. The zero-order valence-corrected chi connectivity index (χ0v) is 32.5. The van der Waals surface area contributed by atoms with Crippen molar-refractivity contribution in [1.29, 1.82) is 10.5 Å². The van der Waals surface area contributed by atoms with Crippen molar-refractivity contribution < 1.29 is 0 Å². The second kappa shape index (κ2) is 13.5. The van der Waals surface area contributed by atoms with E-state index in [2.05, 4.69) is 188 Å². The van der Waals surface area contributed by atoms with Gasteiger partial charge in [0, 0.05) is 27.2 Å². The van der Waals surface area contributed by atoms with Gasteiger partial charge in [0.1, 0.15) is 12.1 Å². The number of nitriles is 2. The van der Waals surface area contributed by atoms with Crippen molar-refractivity contribution in [3.05, 3.63) is 193 Å². The topological polar surface area (TPSA) is 57.4 Å². The maximum atomic E-state index is 10.9. The standard InChI is InChI=1S/C54H38N4/c1-54(2,3)43-22-26-51-48(32-43)47-30-38(36-15-9-5-10-16-36)21-25-50(47)58(51)53-41(33-55)27-40(28-42(53)34-56)39-19-23-45-46-29-37(35-13-7-4-8-14-35)20-24-49(46)57(52(45)31-39)44-17-11-6-12-18-44/h4-32H,1-3H3. The van der Waals surface area contributed by atoms with Crippen LogP contribution in [0, 0.1) is 22.7 Å². The fraction of sp³-hybridized carbons (Fsp3) is 0.0741. The Labute approximate surface area is 337 Å². The van der Waals surface area contributed by atoms with Crippen LogP contribution in [0.3, 0.4) is 0 Å². The first-order chi connectivity index (χ1) is 28.3.